The first-order valence-electron chi connectivity index (χ1n) is 6.05. The molecule has 1 aliphatic carbocycles. The number of nitrogens with zero attached hydrogens (tertiary/aromatic N) is 1. The number of Topliss-reactive ketones (excluding diaryl/α,β-unsaturated/α-hetero) is 1. The van der Waals surface area contributed by atoms with E-state index in [0.29, 0.717) is 31.8 Å². The first-order chi connectivity index (χ1) is 7.65. The number of hydrogen-bond donors (Lipinski definition) is 1. The average molecular weight is 227 g/mol. The minimum Gasteiger partial charge on any atom is -0.396 e. The van der Waals surface area contributed by atoms with E-state index in [4.69, 9.17) is 5.11 Å². The molecule has 4 nitrogen and oxygen atoms in total. The third kappa shape index (κ3) is 3.93. The Morgan fingerprint density at radius 2 is 2.00 bits per heavy atom. The summed E-state index contributed by atoms with van der Waals surface area (Å²) in [5.41, 5.74) is 0. The van der Waals surface area contributed by atoms with Crippen molar-refractivity contribution < 1.29 is 14.7 Å². The Morgan fingerprint density at radius 1 is 1.31 bits per heavy atom. The highest BCUT2D eigenvalue weighted by atomic mass is 16.3. The van der Waals surface area contributed by atoms with Gasteiger partial charge >= 0.3 is 0 Å². The average Bonchev–Trinajstić information content (AvgIpc) is 2.17. The third-order valence-electron chi connectivity index (χ3n) is 3.08. The van der Waals surface area contributed by atoms with E-state index < -0.39 is 0 Å². The molecule has 1 rings (SSSR count). The van der Waals surface area contributed by atoms with Gasteiger partial charge in [0.15, 0.2) is 0 Å². The van der Waals surface area contributed by atoms with Crippen LogP contribution in [0.2, 0.25) is 0 Å². The maximum Gasteiger partial charge on any atom is 0.223 e. The second-order valence-corrected chi connectivity index (χ2v) is 4.45. The number of rotatable bonds is 7. The molecule has 0 aromatic carbocycles. The maximum atomic E-state index is 11.9. The largest absolute Gasteiger partial charge is 0.396 e. The van der Waals surface area contributed by atoms with Crippen LogP contribution in [-0.2, 0) is 9.59 Å². The summed E-state index contributed by atoms with van der Waals surface area (Å²) in [6, 6.07) is 0.353. The topological polar surface area (TPSA) is 57.6 Å². The molecule has 0 unspecified atom stereocenters. The van der Waals surface area contributed by atoms with Gasteiger partial charge < -0.3 is 14.8 Å². The molecule has 0 heterocycles. The highest BCUT2D eigenvalue weighted by Gasteiger charge is 2.27. The van der Waals surface area contributed by atoms with Gasteiger partial charge in [-0.15, -0.1) is 0 Å². The molecule has 0 atom stereocenters. The Hall–Kier alpha value is -0.900. The molecule has 1 N–H and O–H groups in total. The summed E-state index contributed by atoms with van der Waals surface area (Å²) in [5, 5.41) is 8.80. The van der Waals surface area contributed by atoms with E-state index >= 15 is 0 Å². The number of carbonyl (C=O) groups is 2. The summed E-state index contributed by atoms with van der Waals surface area (Å²) in [6.45, 7) is 2.25. The van der Waals surface area contributed by atoms with Crippen molar-refractivity contribution in [2.75, 3.05) is 13.2 Å². The molecule has 1 saturated carbocycles. The normalized spacial score (nSPS) is 15.6. The van der Waals surface area contributed by atoms with Crippen LogP contribution in [0.25, 0.3) is 0 Å². The Balaban J connectivity index is 2.39. The zero-order valence-corrected chi connectivity index (χ0v) is 9.95. The molecule has 0 radical (unpaired) electrons. The van der Waals surface area contributed by atoms with Crippen molar-refractivity contribution in [3.63, 3.8) is 0 Å². The van der Waals surface area contributed by atoms with E-state index in [1.165, 1.54) is 13.3 Å². The van der Waals surface area contributed by atoms with Crippen LogP contribution in [0.15, 0.2) is 0 Å². The molecule has 0 aromatic heterocycles. The summed E-state index contributed by atoms with van der Waals surface area (Å²) in [7, 11) is 0. The van der Waals surface area contributed by atoms with Crippen LogP contribution in [0.4, 0.5) is 0 Å². The Labute approximate surface area is 96.6 Å². The van der Waals surface area contributed by atoms with Gasteiger partial charge in [-0.2, -0.15) is 0 Å². The van der Waals surface area contributed by atoms with Gasteiger partial charge in [-0.3, -0.25) is 4.79 Å². The summed E-state index contributed by atoms with van der Waals surface area (Å²) >= 11 is 0. The molecule has 92 valence electrons. The number of aliphatic hydroxyl groups is 1. The molecule has 1 fully saturated rings. The van der Waals surface area contributed by atoms with Gasteiger partial charge in [-0.25, -0.2) is 0 Å². The highest BCUT2D eigenvalue weighted by Crippen LogP contribution is 2.25. The van der Waals surface area contributed by atoms with E-state index in [1.54, 1.807) is 0 Å². The zero-order valence-electron chi connectivity index (χ0n) is 9.95. The van der Waals surface area contributed by atoms with Crippen molar-refractivity contribution in [3.05, 3.63) is 0 Å². The van der Waals surface area contributed by atoms with Crippen LogP contribution in [0.1, 0.15) is 45.4 Å². The molecule has 0 aliphatic heterocycles. The molecule has 4 heteroatoms. The van der Waals surface area contributed by atoms with Crippen molar-refractivity contribution in [3.8, 4) is 0 Å². The van der Waals surface area contributed by atoms with Crippen LogP contribution in [0.3, 0.4) is 0 Å². The lowest BCUT2D eigenvalue weighted by Crippen LogP contribution is -2.45. The minimum atomic E-state index is 0.0593. The van der Waals surface area contributed by atoms with Crippen molar-refractivity contribution >= 4 is 11.7 Å². The first-order valence-corrected chi connectivity index (χ1v) is 6.05. The lowest BCUT2D eigenvalue weighted by atomic mass is 9.91. The summed E-state index contributed by atoms with van der Waals surface area (Å²) < 4.78 is 0. The summed E-state index contributed by atoms with van der Waals surface area (Å²) in [6.07, 6.45) is 4.59. The zero-order chi connectivity index (χ0) is 12.0. The predicted molar refractivity (Wildman–Crippen MR) is 61.0 cm³/mol. The van der Waals surface area contributed by atoms with E-state index in [0.717, 1.165) is 12.8 Å². The number of carbonyl (C=O) groups excluding carboxylic acids is 2. The van der Waals surface area contributed by atoms with Crippen LogP contribution in [0.5, 0.6) is 0 Å². The van der Waals surface area contributed by atoms with Gasteiger partial charge in [-0.05, 0) is 32.6 Å². The molecule has 0 saturated heterocycles. The Kier molecular flexibility index (Phi) is 5.46. The van der Waals surface area contributed by atoms with Gasteiger partial charge in [0, 0.05) is 32.0 Å². The van der Waals surface area contributed by atoms with Gasteiger partial charge in [0.05, 0.1) is 0 Å². The molecule has 0 aromatic rings. The quantitative estimate of drug-likeness (QED) is 0.709. The Morgan fingerprint density at radius 3 is 2.44 bits per heavy atom. The minimum absolute atomic E-state index is 0.0593. The number of aliphatic hydroxyl groups excluding tert-OH is 1. The fourth-order valence-electron chi connectivity index (χ4n) is 1.88. The van der Waals surface area contributed by atoms with Crippen LogP contribution in [-0.4, -0.2) is 40.9 Å². The van der Waals surface area contributed by atoms with Gasteiger partial charge in [0.1, 0.15) is 5.78 Å². The smallest absolute Gasteiger partial charge is 0.223 e. The second-order valence-electron chi connectivity index (χ2n) is 4.45. The van der Waals surface area contributed by atoms with Crippen LogP contribution in [0, 0.1) is 0 Å². The molecule has 0 spiro atoms. The fourth-order valence-corrected chi connectivity index (χ4v) is 1.88. The third-order valence-corrected chi connectivity index (χ3v) is 3.08. The van der Waals surface area contributed by atoms with E-state index in [2.05, 4.69) is 0 Å². The fraction of sp³-hybridized carbons (Fsp3) is 0.833. The van der Waals surface area contributed by atoms with E-state index in [1.807, 2.05) is 4.90 Å². The van der Waals surface area contributed by atoms with Crippen molar-refractivity contribution in [1.29, 1.82) is 0 Å². The van der Waals surface area contributed by atoms with Crippen molar-refractivity contribution in [2.45, 2.75) is 51.5 Å². The molecule has 1 amide bonds. The van der Waals surface area contributed by atoms with Gasteiger partial charge in [0.2, 0.25) is 5.91 Å². The SMILES string of the molecule is CC(=O)CCC(=O)N(CCCO)C1CCC1. The van der Waals surface area contributed by atoms with Crippen LogP contribution >= 0.6 is 0 Å². The second kappa shape index (κ2) is 6.63. The van der Waals surface area contributed by atoms with Crippen molar-refractivity contribution in [1.82, 2.24) is 4.90 Å². The monoisotopic (exact) mass is 227 g/mol. The molecule has 16 heavy (non-hydrogen) atoms. The highest BCUT2D eigenvalue weighted by molar-refractivity contribution is 5.83. The van der Waals surface area contributed by atoms with Crippen molar-refractivity contribution in [2.24, 2.45) is 0 Å². The molecular weight excluding hydrogens is 206 g/mol. The lowest BCUT2D eigenvalue weighted by molar-refractivity contribution is -0.136. The number of amides is 1. The maximum absolute atomic E-state index is 11.9. The van der Waals surface area contributed by atoms with E-state index in [-0.39, 0.29) is 18.3 Å². The molecule has 0 bridgehead atoms. The molecular formula is C12H21NO3. The lowest BCUT2D eigenvalue weighted by Gasteiger charge is -2.37. The molecule has 1 aliphatic rings. The summed E-state index contributed by atoms with van der Waals surface area (Å²) in [4.78, 5) is 24.6. The summed E-state index contributed by atoms with van der Waals surface area (Å²) in [5.74, 6) is 0.123. The first kappa shape index (κ1) is 13.2. The van der Waals surface area contributed by atoms with Crippen LogP contribution < -0.4 is 0 Å². The Bertz CT molecular complexity index is 249. The van der Waals surface area contributed by atoms with Gasteiger partial charge in [0.25, 0.3) is 0 Å². The number of hydrogen-bond acceptors (Lipinski definition) is 3. The van der Waals surface area contributed by atoms with Gasteiger partial charge in [-0.1, -0.05) is 0 Å². The van der Waals surface area contributed by atoms with E-state index in [9.17, 15) is 9.59 Å². The predicted octanol–water partition coefficient (Wildman–Crippen LogP) is 1.12. The number of ketones is 1. The standard InChI is InChI=1S/C12H21NO3/c1-10(15)6-7-12(16)13(8-3-9-14)11-4-2-5-11/h11,14H,2-9H2,1H3.